The van der Waals surface area contributed by atoms with Gasteiger partial charge in [-0.15, -0.1) is 0 Å². The lowest BCUT2D eigenvalue weighted by Crippen LogP contribution is -2.30. The summed E-state index contributed by atoms with van der Waals surface area (Å²) >= 11 is 0. The van der Waals surface area contributed by atoms with Gasteiger partial charge in [0, 0.05) is 32.7 Å². The molecule has 1 aliphatic heterocycles. The molecular weight excluding hydrogens is 268 g/mol. The van der Waals surface area contributed by atoms with Crippen LogP contribution in [-0.2, 0) is 19.0 Å². The van der Waals surface area contributed by atoms with Crippen molar-refractivity contribution in [1.29, 1.82) is 0 Å². The van der Waals surface area contributed by atoms with Crippen molar-refractivity contribution in [3.05, 3.63) is 22.6 Å². The van der Waals surface area contributed by atoms with Crippen LogP contribution in [0.5, 0.6) is 6.01 Å². The molecule has 8 nitrogen and oxygen atoms in total. The Morgan fingerprint density at radius 2 is 2.40 bits per heavy atom. The van der Waals surface area contributed by atoms with Gasteiger partial charge < -0.3 is 18.9 Å². The van der Waals surface area contributed by atoms with Crippen molar-refractivity contribution in [2.24, 2.45) is 0 Å². The number of hydrogen-bond acceptors (Lipinski definition) is 7. The second-order valence-electron chi connectivity index (χ2n) is 4.27. The van der Waals surface area contributed by atoms with Gasteiger partial charge in [0.15, 0.2) is 0 Å². The van der Waals surface area contributed by atoms with Gasteiger partial charge in [0.2, 0.25) is 6.29 Å². The molecule has 1 aromatic heterocycles. The molecule has 110 valence electrons. The van der Waals surface area contributed by atoms with E-state index >= 15 is 0 Å². The molecule has 0 amide bonds. The number of aromatic nitrogens is 2. The largest absolute Gasteiger partial charge is 0.462 e. The third-order valence-corrected chi connectivity index (χ3v) is 2.80. The number of hydrogen-bond donors (Lipinski definition) is 1. The monoisotopic (exact) mass is 284 g/mol. The zero-order chi connectivity index (χ0) is 14.5. The highest BCUT2D eigenvalue weighted by Crippen LogP contribution is 2.24. The van der Waals surface area contributed by atoms with E-state index in [0.29, 0.717) is 6.42 Å². The van der Waals surface area contributed by atoms with Crippen molar-refractivity contribution < 1.29 is 23.7 Å². The molecule has 1 aromatic rings. The quantitative estimate of drug-likeness (QED) is 0.750. The number of H-pyrrole nitrogens is 1. The lowest BCUT2D eigenvalue weighted by atomic mass is 10.2. The summed E-state index contributed by atoms with van der Waals surface area (Å²) in [5, 5.41) is 0. The van der Waals surface area contributed by atoms with Crippen LogP contribution in [0.1, 0.15) is 13.3 Å². The number of nitrogens with one attached hydrogen (secondary N) is 1. The Balaban J connectivity index is 1.91. The van der Waals surface area contributed by atoms with Gasteiger partial charge in [-0.2, -0.15) is 0 Å². The average Bonchev–Trinajstić information content (AvgIpc) is 2.77. The summed E-state index contributed by atoms with van der Waals surface area (Å²) in [5.41, 5.74) is -0.302. The number of esters is 1. The van der Waals surface area contributed by atoms with Gasteiger partial charge in [0.25, 0.3) is 11.6 Å². The number of rotatable bonds is 5. The number of ether oxygens (including phenoxy) is 4. The van der Waals surface area contributed by atoms with E-state index in [-0.39, 0.29) is 24.3 Å². The summed E-state index contributed by atoms with van der Waals surface area (Å²) < 4.78 is 21.1. The van der Waals surface area contributed by atoms with Crippen LogP contribution < -0.4 is 10.3 Å². The normalized spacial score (nSPS) is 25.4. The van der Waals surface area contributed by atoms with Gasteiger partial charge >= 0.3 is 5.97 Å². The Labute approximate surface area is 115 Å². The molecule has 1 fully saturated rings. The minimum absolute atomic E-state index is 0.104. The Morgan fingerprint density at radius 1 is 1.60 bits per heavy atom. The molecule has 8 heteroatoms. The summed E-state index contributed by atoms with van der Waals surface area (Å²) in [5.74, 6) is -0.416. The molecule has 0 spiro atoms. The SMILES string of the molecule is CO[C@H]1CC(OC(C)=O)O[C@@H]1COc1nccc(=O)[nH]1. The molecule has 0 saturated carbocycles. The minimum Gasteiger partial charge on any atom is -0.462 e. The lowest BCUT2D eigenvalue weighted by Gasteiger charge is -2.16. The van der Waals surface area contributed by atoms with Crippen molar-refractivity contribution in [2.75, 3.05) is 13.7 Å². The molecule has 2 heterocycles. The topological polar surface area (TPSA) is 99.7 Å². The standard InChI is InChI=1S/C12H16N2O6/c1-7(15)19-11-5-8(17-2)9(20-11)6-18-12-13-4-3-10(16)14-12/h3-4,8-9,11H,5-6H2,1-2H3,(H,13,14,16)/t8-,9+,11?/m0/s1. The second kappa shape index (κ2) is 6.49. The molecule has 0 bridgehead atoms. The number of aromatic amines is 1. The summed E-state index contributed by atoms with van der Waals surface area (Å²) in [6, 6.07) is 1.39. The van der Waals surface area contributed by atoms with Crippen molar-refractivity contribution >= 4 is 5.97 Å². The number of nitrogens with zero attached hydrogens (tertiary/aromatic N) is 1. The van der Waals surface area contributed by atoms with Gasteiger partial charge in [-0.25, -0.2) is 4.98 Å². The van der Waals surface area contributed by atoms with E-state index in [1.54, 1.807) is 7.11 Å². The molecule has 1 unspecified atom stereocenters. The first kappa shape index (κ1) is 14.5. The summed E-state index contributed by atoms with van der Waals surface area (Å²) in [7, 11) is 1.54. The zero-order valence-electron chi connectivity index (χ0n) is 11.2. The molecular formula is C12H16N2O6. The third-order valence-electron chi connectivity index (χ3n) is 2.80. The maximum atomic E-state index is 11.1. The van der Waals surface area contributed by atoms with Crippen LogP contribution in [-0.4, -0.2) is 48.2 Å². The summed E-state index contributed by atoms with van der Waals surface area (Å²) in [4.78, 5) is 28.3. The predicted octanol–water partition coefficient (Wildman–Crippen LogP) is -0.158. The van der Waals surface area contributed by atoms with Crippen molar-refractivity contribution in [2.45, 2.75) is 31.8 Å². The molecule has 0 aromatic carbocycles. The van der Waals surface area contributed by atoms with Crippen LogP contribution >= 0.6 is 0 Å². The predicted molar refractivity (Wildman–Crippen MR) is 66.2 cm³/mol. The van der Waals surface area contributed by atoms with E-state index in [2.05, 4.69) is 9.97 Å². The smallest absolute Gasteiger partial charge is 0.304 e. The number of methoxy groups -OCH3 is 1. The first-order valence-electron chi connectivity index (χ1n) is 6.12. The molecule has 20 heavy (non-hydrogen) atoms. The van der Waals surface area contributed by atoms with Gasteiger partial charge in [-0.1, -0.05) is 0 Å². The van der Waals surface area contributed by atoms with Gasteiger partial charge in [-0.3, -0.25) is 14.6 Å². The molecule has 0 aliphatic carbocycles. The van der Waals surface area contributed by atoms with Crippen molar-refractivity contribution in [1.82, 2.24) is 9.97 Å². The van der Waals surface area contributed by atoms with Crippen molar-refractivity contribution in [3.63, 3.8) is 0 Å². The maximum Gasteiger partial charge on any atom is 0.304 e. The first-order chi connectivity index (χ1) is 9.58. The van der Waals surface area contributed by atoms with Crippen LogP contribution in [0.4, 0.5) is 0 Å². The van der Waals surface area contributed by atoms with E-state index in [1.165, 1.54) is 19.2 Å². The van der Waals surface area contributed by atoms with Crippen molar-refractivity contribution in [3.8, 4) is 6.01 Å². The lowest BCUT2D eigenvalue weighted by molar-refractivity contribution is -0.174. The number of carbonyl (C=O) groups is 1. The maximum absolute atomic E-state index is 11.1. The molecule has 0 radical (unpaired) electrons. The minimum atomic E-state index is -0.645. The molecule has 2 rings (SSSR count). The van der Waals surface area contributed by atoms with Gasteiger partial charge in [0.05, 0.1) is 6.10 Å². The van der Waals surface area contributed by atoms with E-state index in [4.69, 9.17) is 18.9 Å². The number of carbonyl (C=O) groups excluding carboxylic acids is 1. The molecule has 1 N–H and O–H groups in total. The second-order valence-corrected chi connectivity index (χ2v) is 4.27. The Hall–Kier alpha value is -1.93. The van der Waals surface area contributed by atoms with E-state index < -0.39 is 18.4 Å². The first-order valence-corrected chi connectivity index (χ1v) is 6.12. The van der Waals surface area contributed by atoms with Crippen LogP contribution in [0, 0.1) is 0 Å². The van der Waals surface area contributed by atoms with E-state index in [9.17, 15) is 9.59 Å². The highest BCUT2D eigenvalue weighted by molar-refractivity contribution is 5.66. The zero-order valence-corrected chi connectivity index (χ0v) is 11.2. The van der Waals surface area contributed by atoms with E-state index in [0.717, 1.165) is 0 Å². The van der Waals surface area contributed by atoms with Crippen LogP contribution in [0.15, 0.2) is 17.1 Å². The van der Waals surface area contributed by atoms with Crippen LogP contribution in [0.3, 0.4) is 0 Å². The fourth-order valence-corrected chi connectivity index (χ4v) is 1.92. The highest BCUT2D eigenvalue weighted by Gasteiger charge is 2.37. The summed E-state index contributed by atoms with van der Waals surface area (Å²) in [6.45, 7) is 1.44. The molecule has 1 aliphatic rings. The summed E-state index contributed by atoms with van der Waals surface area (Å²) in [6.07, 6.45) is 0.473. The molecule has 1 saturated heterocycles. The van der Waals surface area contributed by atoms with E-state index in [1.807, 2.05) is 0 Å². The average molecular weight is 284 g/mol. The van der Waals surface area contributed by atoms with Gasteiger partial charge in [0.1, 0.15) is 12.7 Å². The Kier molecular flexibility index (Phi) is 4.70. The fraction of sp³-hybridized carbons (Fsp3) is 0.583. The van der Waals surface area contributed by atoms with Crippen LogP contribution in [0.2, 0.25) is 0 Å². The molecule has 3 atom stereocenters. The fourth-order valence-electron chi connectivity index (χ4n) is 1.92. The van der Waals surface area contributed by atoms with Gasteiger partial charge in [-0.05, 0) is 0 Å². The Bertz CT molecular complexity index is 517. The highest BCUT2D eigenvalue weighted by atomic mass is 16.7. The third kappa shape index (κ3) is 3.78. The van der Waals surface area contributed by atoms with Crippen LogP contribution in [0.25, 0.3) is 0 Å². The Morgan fingerprint density at radius 3 is 3.05 bits per heavy atom.